The lowest BCUT2D eigenvalue weighted by atomic mass is 9.95. The van der Waals surface area contributed by atoms with E-state index in [1.165, 1.54) is 57.8 Å². The summed E-state index contributed by atoms with van der Waals surface area (Å²) >= 11 is 0. The molecule has 0 aromatic carbocycles. The van der Waals surface area contributed by atoms with Crippen LogP contribution in [0.25, 0.3) is 0 Å². The van der Waals surface area contributed by atoms with Gasteiger partial charge in [0.25, 0.3) is 0 Å². The molecule has 0 heteroatoms. The van der Waals surface area contributed by atoms with Crippen LogP contribution in [-0.2, 0) is 0 Å². The lowest BCUT2D eigenvalue weighted by Gasteiger charge is -2.11. The van der Waals surface area contributed by atoms with Crippen molar-refractivity contribution in [1.29, 1.82) is 0 Å². The fraction of sp³-hybridized carbons (Fsp3) is 0.900. The summed E-state index contributed by atoms with van der Waals surface area (Å²) in [7, 11) is 0. The molecular weight excluding hydrogens is 240 g/mol. The Kier molecular flexibility index (Phi) is 7.34. The van der Waals surface area contributed by atoms with Crippen LogP contribution in [-0.4, -0.2) is 0 Å². The van der Waals surface area contributed by atoms with Crippen molar-refractivity contribution in [2.45, 2.75) is 99.3 Å². The van der Waals surface area contributed by atoms with Gasteiger partial charge in [-0.25, -0.2) is 0 Å². The van der Waals surface area contributed by atoms with Crippen LogP contribution in [0.15, 0.2) is 11.1 Å². The Morgan fingerprint density at radius 1 is 1.10 bits per heavy atom. The molecule has 1 rings (SSSR count). The van der Waals surface area contributed by atoms with E-state index < -0.39 is 0 Å². The maximum absolute atomic E-state index is 2.52. The van der Waals surface area contributed by atoms with Gasteiger partial charge in [0.05, 0.1) is 0 Å². The second kappa shape index (κ2) is 8.25. The van der Waals surface area contributed by atoms with Gasteiger partial charge in [0.15, 0.2) is 0 Å². The van der Waals surface area contributed by atoms with Crippen LogP contribution in [0.5, 0.6) is 0 Å². The summed E-state index contributed by atoms with van der Waals surface area (Å²) < 4.78 is 0. The minimum absolute atomic E-state index is 0.566. The molecule has 0 nitrogen and oxygen atoms in total. The van der Waals surface area contributed by atoms with Gasteiger partial charge in [-0.15, -0.1) is 0 Å². The fourth-order valence-corrected chi connectivity index (χ4v) is 3.97. The van der Waals surface area contributed by atoms with Crippen molar-refractivity contribution in [1.82, 2.24) is 0 Å². The highest BCUT2D eigenvalue weighted by atomic mass is 14.6. The van der Waals surface area contributed by atoms with Gasteiger partial charge in [-0.2, -0.15) is 0 Å². The van der Waals surface area contributed by atoms with E-state index in [0.717, 1.165) is 11.8 Å². The van der Waals surface area contributed by atoms with Crippen molar-refractivity contribution in [3.63, 3.8) is 0 Å². The molecule has 0 bridgehead atoms. The van der Waals surface area contributed by atoms with Crippen LogP contribution in [0, 0.1) is 17.3 Å². The molecule has 0 radical (unpaired) electrons. The molecule has 1 aliphatic carbocycles. The molecule has 3 atom stereocenters. The largest absolute Gasteiger partial charge is 0.0701 e. The van der Waals surface area contributed by atoms with E-state index in [1.54, 1.807) is 0 Å². The first-order valence-corrected chi connectivity index (χ1v) is 9.27. The van der Waals surface area contributed by atoms with E-state index in [0.29, 0.717) is 5.41 Å². The molecule has 0 heterocycles. The summed E-state index contributed by atoms with van der Waals surface area (Å²) in [4.78, 5) is 0. The second-order valence-electron chi connectivity index (χ2n) is 7.29. The topological polar surface area (TPSA) is 0 Å². The van der Waals surface area contributed by atoms with Crippen LogP contribution >= 0.6 is 0 Å². The van der Waals surface area contributed by atoms with Gasteiger partial charge >= 0.3 is 0 Å². The van der Waals surface area contributed by atoms with E-state index in [4.69, 9.17) is 0 Å². The Bertz CT molecular complexity index is 312. The average Bonchev–Trinajstić information content (AvgIpc) is 3.03. The number of rotatable bonds is 10. The number of hydrogen-bond donors (Lipinski definition) is 0. The van der Waals surface area contributed by atoms with Crippen molar-refractivity contribution in [2.75, 3.05) is 0 Å². The Labute approximate surface area is 128 Å². The van der Waals surface area contributed by atoms with Gasteiger partial charge in [-0.3, -0.25) is 0 Å². The molecule has 0 aromatic heterocycles. The molecule has 0 saturated heterocycles. The standard InChI is InChI=1S/C20H38/c1-7-12-17(15-11-14-16(5)9-3)19-18(13-8-2)20(19,6)10-4/h16,18H,7-15H2,1-6H3. The highest BCUT2D eigenvalue weighted by Gasteiger charge is 2.54. The molecular formula is C20H38. The Hall–Kier alpha value is -0.260. The highest BCUT2D eigenvalue weighted by Crippen LogP contribution is 2.64. The first-order valence-electron chi connectivity index (χ1n) is 9.27. The molecule has 0 N–H and O–H groups in total. The molecule has 1 saturated carbocycles. The normalized spacial score (nSPS) is 29.4. The average molecular weight is 279 g/mol. The molecule has 0 aromatic rings. The van der Waals surface area contributed by atoms with E-state index in [2.05, 4.69) is 41.5 Å². The van der Waals surface area contributed by atoms with Crippen molar-refractivity contribution in [2.24, 2.45) is 17.3 Å². The predicted octanol–water partition coefficient (Wildman–Crippen LogP) is 7.15. The lowest BCUT2D eigenvalue weighted by molar-refractivity contribution is 0.469. The number of hydrogen-bond acceptors (Lipinski definition) is 0. The maximum Gasteiger partial charge on any atom is -0.00475 e. The van der Waals surface area contributed by atoms with Crippen LogP contribution in [0.4, 0.5) is 0 Å². The van der Waals surface area contributed by atoms with E-state index in [9.17, 15) is 0 Å². The first-order chi connectivity index (χ1) is 9.54. The predicted molar refractivity (Wildman–Crippen MR) is 92.0 cm³/mol. The van der Waals surface area contributed by atoms with Crippen molar-refractivity contribution in [3.05, 3.63) is 11.1 Å². The molecule has 0 aliphatic heterocycles. The van der Waals surface area contributed by atoms with Crippen LogP contribution in [0.2, 0.25) is 0 Å². The lowest BCUT2D eigenvalue weighted by Crippen LogP contribution is -1.96. The van der Waals surface area contributed by atoms with Crippen LogP contribution in [0.1, 0.15) is 99.3 Å². The highest BCUT2D eigenvalue weighted by molar-refractivity contribution is 5.41. The molecule has 0 amide bonds. The summed E-state index contributed by atoms with van der Waals surface area (Å²) in [5, 5.41) is 0. The third-order valence-electron chi connectivity index (χ3n) is 5.77. The summed E-state index contributed by atoms with van der Waals surface area (Å²) in [5.74, 6) is 1.83. The zero-order valence-corrected chi connectivity index (χ0v) is 15.0. The minimum Gasteiger partial charge on any atom is -0.0701 e. The van der Waals surface area contributed by atoms with Crippen LogP contribution in [0.3, 0.4) is 0 Å². The van der Waals surface area contributed by atoms with Gasteiger partial charge in [-0.1, -0.05) is 78.4 Å². The third-order valence-corrected chi connectivity index (χ3v) is 5.77. The summed E-state index contributed by atoms with van der Waals surface area (Å²) in [5.41, 5.74) is 4.29. The van der Waals surface area contributed by atoms with E-state index in [1.807, 2.05) is 11.1 Å². The molecule has 0 spiro atoms. The third kappa shape index (κ3) is 4.12. The SMILES string of the molecule is CCCC(CCCC(C)CC)=C1C(CCC)C1(C)CC. The molecule has 3 unspecified atom stereocenters. The van der Waals surface area contributed by atoms with Crippen molar-refractivity contribution < 1.29 is 0 Å². The van der Waals surface area contributed by atoms with Gasteiger partial charge < -0.3 is 0 Å². The molecule has 1 fully saturated rings. The Balaban J connectivity index is 2.70. The quantitative estimate of drug-likeness (QED) is 0.372. The smallest absolute Gasteiger partial charge is 0.00475 e. The second-order valence-corrected chi connectivity index (χ2v) is 7.29. The van der Waals surface area contributed by atoms with Gasteiger partial charge in [0.2, 0.25) is 0 Å². The van der Waals surface area contributed by atoms with E-state index >= 15 is 0 Å². The first kappa shape index (κ1) is 17.8. The Morgan fingerprint density at radius 3 is 2.30 bits per heavy atom. The summed E-state index contributed by atoms with van der Waals surface area (Å²) in [6, 6.07) is 0. The Morgan fingerprint density at radius 2 is 1.80 bits per heavy atom. The van der Waals surface area contributed by atoms with E-state index in [-0.39, 0.29) is 0 Å². The van der Waals surface area contributed by atoms with Crippen molar-refractivity contribution >= 4 is 0 Å². The van der Waals surface area contributed by atoms with Crippen molar-refractivity contribution in [3.8, 4) is 0 Å². The molecule has 20 heavy (non-hydrogen) atoms. The maximum atomic E-state index is 2.52. The zero-order chi connectivity index (χ0) is 15.2. The molecule has 118 valence electrons. The van der Waals surface area contributed by atoms with Gasteiger partial charge in [-0.05, 0) is 49.4 Å². The zero-order valence-electron chi connectivity index (χ0n) is 15.0. The monoisotopic (exact) mass is 278 g/mol. The fourth-order valence-electron chi connectivity index (χ4n) is 3.97. The van der Waals surface area contributed by atoms with Gasteiger partial charge in [0.1, 0.15) is 0 Å². The molecule has 1 aliphatic rings. The van der Waals surface area contributed by atoms with Gasteiger partial charge in [0, 0.05) is 0 Å². The van der Waals surface area contributed by atoms with Crippen LogP contribution < -0.4 is 0 Å². The minimum atomic E-state index is 0.566. The summed E-state index contributed by atoms with van der Waals surface area (Å²) in [6.45, 7) is 14.3. The number of allylic oxidation sites excluding steroid dienone is 2. The summed E-state index contributed by atoms with van der Waals surface area (Å²) in [6.07, 6.45) is 12.3.